The Morgan fingerprint density at radius 1 is 1.27 bits per heavy atom. The minimum Gasteiger partial charge on any atom is -0.486 e. The number of H-pyrrole nitrogens is 1. The number of para-hydroxylation sites is 2. The molecule has 0 saturated heterocycles. The molecule has 8 heteroatoms. The molecular formula is C18H18N2O6. The van der Waals surface area contributed by atoms with Crippen molar-refractivity contribution in [1.82, 2.24) is 10.3 Å². The molecule has 0 spiro atoms. The van der Waals surface area contributed by atoms with Crippen LogP contribution in [0.5, 0.6) is 11.5 Å². The van der Waals surface area contributed by atoms with Gasteiger partial charge >= 0.3 is 5.97 Å². The standard InChI is InChI=1S/C18H18N2O6/c1-11(21)12-6-14(19-7-12)18(23)25-10-17(22)20-8-13-9-24-15-4-2-3-5-16(15)26-13/h2-7,13,19H,8-10H2,1H3,(H,20,22). The number of aromatic nitrogens is 1. The zero-order valence-corrected chi connectivity index (χ0v) is 14.1. The first-order valence-electron chi connectivity index (χ1n) is 8.04. The van der Waals surface area contributed by atoms with Gasteiger partial charge < -0.3 is 24.5 Å². The van der Waals surface area contributed by atoms with E-state index in [9.17, 15) is 14.4 Å². The summed E-state index contributed by atoms with van der Waals surface area (Å²) in [6.07, 6.45) is 1.09. The number of fused-ring (bicyclic) bond motifs is 1. The van der Waals surface area contributed by atoms with Gasteiger partial charge in [-0.25, -0.2) is 4.79 Å². The van der Waals surface area contributed by atoms with Crippen LogP contribution in [-0.2, 0) is 9.53 Å². The van der Waals surface area contributed by atoms with Gasteiger partial charge in [0.05, 0.1) is 6.54 Å². The molecular weight excluding hydrogens is 340 g/mol. The van der Waals surface area contributed by atoms with Gasteiger partial charge in [-0.2, -0.15) is 0 Å². The van der Waals surface area contributed by atoms with Crippen molar-refractivity contribution in [1.29, 1.82) is 0 Å². The number of Topliss-reactive ketones (excluding diaryl/α,β-unsaturated/α-hetero) is 1. The fourth-order valence-electron chi connectivity index (χ4n) is 2.37. The van der Waals surface area contributed by atoms with Gasteiger partial charge in [0.15, 0.2) is 23.9 Å². The number of hydrogen-bond donors (Lipinski definition) is 2. The predicted octanol–water partition coefficient (Wildman–Crippen LogP) is 1.33. The van der Waals surface area contributed by atoms with E-state index >= 15 is 0 Å². The SMILES string of the molecule is CC(=O)c1c[nH]c(C(=O)OCC(=O)NCC2COc3ccccc3O2)c1. The van der Waals surface area contributed by atoms with E-state index in [0.717, 1.165) is 0 Å². The van der Waals surface area contributed by atoms with E-state index in [1.807, 2.05) is 18.2 Å². The number of carbonyl (C=O) groups excluding carboxylic acids is 3. The maximum atomic E-state index is 11.8. The van der Waals surface area contributed by atoms with Crippen molar-refractivity contribution in [2.24, 2.45) is 0 Å². The van der Waals surface area contributed by atoms with Crippen LogP contribution in [0.2, 0.25) is 0 Å². The molecule has 3 rings (SSSR count). The maximum absolute atomic E-state index is 11.8. The highest BCUT2D eigenvalue weighted by Gasteiger charge is 2.21. The van der Waals surface area contributed by atoms with E-state index in [1.165, 1.54) is 19.2 Å². The third-order valence-electron chi connectivity index (χ3n) is 3.74. The lowest BCUT2D eigenvalue weighted by Crippen LogP contribution is -2.42. The van der Waals surface area contributed by atoms with Gasteiger partial charge in [-0.05, 0) is 25.1 Å². The first-order chi connectivity index (χ1) is 12.5. The number of nitrogens with one attached hydrogen (secondary N) is 2. The second-order valence-corrected chi connectivity index (χ2v) is 5.74. The Balaban J connectivity index is 1.42. The molecule has 26 heavy (non-hydrogen) atoms. The van der Waals surface area contributed by atoms with Crippen LogP contribution in [0.1, 0.15) is 27.8 Å². The Kier molecular flexibility index (Phi) is 5.21. The molecule has 2 N–H and O–H groups in total. The van der Waals surface area contributed by atoms with Crippen molar-refractivity contribution in [3.63, 3.8) is 0 Å². The van der Waals surface area contributed by atoms with Crippen molar-refractivity contribution < 1.29 is 28.6 Å². The molecule has 2 heterocycles. The number of ether oxygens (including phenoxy) is 3. The van der Waals surface area contributed by atoms with Crippen LogP contribution in [0.15, 0.2) is 36.5 Å². The van der Waals surface area contributed by atoms with E-state index in [2.05, 4.69) is 10.3 Å². The molecule has 1 aliphatic rings. The average Bonchev–Trinajstić information content (AvgIpc) is 3.15. The fourth-order valence-corrected chi connectivity index (χ4v) is 2.37. The molecule has 136 valence electrons. The molecule has 0 bridgehead atoms. The summed E-state index contributed by atoms with van der Waals surface area (Å²) in [7, 11) is 0. The van der Waals surface area contributed by atoms with Crippen LogP contribution in [0.4, 0.5) is 0 Å². The van der Waals surface area contributed by atoms with Gasteiger partial charge in [0.2, 0.25) is 0 Å². The number of amides is 1. The summed E-state index contributed by atoms with van der Waals surface area (Å²) in [5.74, 6) is -0.0513. The second kappa shape index (κ2) is 7.73. The van der Waals surface area contributed by atoms with Gasteiger partial charge in [-0.15, -0.1) is 0 Å². The van der Waals surface area contributed by atoms with Crippen LogP contribution in [0, 0.1) is 0 Å². The van der Waals surface area contributed by atoms with Gasteiger partial charge in [-0.3, -0.25) is 9.59 Å². The van der Waals surface area contributed by atoms with Gasteiger partial charge in [0, 0.05) is 11.8 Å². The van der Waals surface area contributed by atoms with Crippen LogP contribution in [0.25, 0.3) is 0 Å². The summed E-state index contributed by atoms with van der Waals surface area (Å²) < 4.78 is 16.2. The maximum Gasteiger partial charge on any atom is 0.355 e. The van der Waals surface area contributed by atoms with E-state index < -0.39 is 18.5 Å². The number of ketones is 1. The van der Waals surface area contributed by atoms with Gasteiger partial charge in [0.25, 0.3) is 5.91 Å². The molecule has 1 aliphatic heterocycles. The molecule has 0 fully saturated rings. The first-order valence-corrected chi connectivity index (χ1v) is 8.04. The van der Waals surface area contributed by atoms with Crippen molar-refractivity contribution in [2.75, 3.05) is 19.8 Å². The lowest BCUT2D eigenvalue weighted by atomic mass is 10.2. The summed E-state index contributed by atoms with van der Waals surface area (Å²) in [4.78, 5) is 37.5. The third kappa shape index (κ3) is 4.21. The highest BCUT2D eigenvalue weighted by Crippen LogP contribution is 2.30. The number of carbonyl (C=O) groups is 3. The van der Waals surface area contributed by atoms with E-state index in [-0.39, 0.29) is 24.1 Å². The molecule has 0 aliphatic carbocycles. The third-order valence-corrected chi connectivity index (χ3v) is 3.74. The Hall–Kier alpha value is -3.29. The van der Waals surface area contributed by atoms with Crippen molar-refractivity contribution in [3.8, 4) is 11.5 Å². The first kappa shape index (κ1) is 17.5. The molecule has 0 radical (unpaired) electrons. The number of aromatic amines is 1. The summed E-state index contributed by atoms with van der Waals surface area (Å²) in [6, 6.07) is 8.66. The largest absolute Gasteiger partial charge is 0.486 e. The van der Waals surface area contributed by atoms with Crippen LogP contribution in [-0.4, -0.2) is 48.5 Å². The van der Waals surface area contributed by atoms with Gasteiger partial charge in [0.1, 0.15) is 18.4 Å². The zero-order chi connectivity index (χ0) is 18.5. The Labute approximate surface area is 149 Å². The molecule has 1 amide bonds. The monoisotopic (exact) mass is 358 g/mol. The lowest BCUT2D eigenvalue weighted by molar-refractivity contribution is -0.124. The molecule has 1 atom stereocenters. The Bertz CT molecular complexity index is 829. The summed E-state index contributed by atoms with van der Waals surface area (Å²) >= 11 is 0. The zero-order valence-electron chi connectivity index (χ0n) is 14.1. The average molecular weight is 358 g/mol. The minimum absolute atomic E-state index is 0.114. The summed E-state index contributed by atoms with van der Waals surface area (Å²) in [6.45, 7) is 1.49. The normalized spacial score (nSPS) is 15.2. The lowest BCUT2D eigenvalue weighted by Gasteiger charge is -2.26. The van der Waals surface area contributed by atoms with Gasteiger partial charge in [-0.1, -0.05) is 12.1 Å². The number of hydrogen-bond acceptors (Lipinski definition) is 6. The highest BCUT2D eigenvalue weighted by molar-refractivity contribution is 5.97. The fraction of sp³-hybridized carbons (Fsp3) is 0.278. The van der Waals surface area contributed by atoms with Crippen LogP contribution >= 0.6 is 0 Å². The number of rotatable bonds is 6. The van der Waals surface area contributed by atoms with E-state index in [0.29, 0.717) is 23.7 Å². The molecule has 2 aromatic rings. The van der Waals surface area contributed by atoms with E-state index in [1.54, 1.807) is 6.07 Å². The predicted molar refractivity (Wildman–Crippen MR) is 90.4 cm³/mol. The summed E-state index contributed by atoms with van der Waals surface area (Å²) in [5.41, 5.74) is 0.486. The minimum atomic E-state index is -0.709. The molecule has 0 saturated carbocycles. The quantitative estimate of drug-likeness (QED) is 0.596. The van der Waals surface area contributed by atoms with E-state index in [4.69, 9.17) is 14.2 Å². The molecule has 1 aromatic carbocycles. The van der Waals surface area contributed by atoms with Crippen LogP contribution in [0.3, 0.4) is 0 Å². The highest BCUT2D eigenvalue weighted by atomic mass is 16.6. The molecule has 8 nitrogen and oxygen atoms in total. The summed E-state index contributed by atoms with van der Waals surface area (Å²) in [5, 5.41) is 2.63. The van der Waals surface area contributed by atoms with Crippen molar-refractivity contribution in [2.45, 2.75) is 13.0 Å². The topological polar surface area (TPSA) is 107 Å². The number of benzene rings is 1. The second-order valence-electron chi connectivity index (χ2n) is 5.74. The number of esters is 1. The van der Waals surface area contributed by atoms with Crippen molar-refractivity contribution >= 4 is 17.7 Å². The van der Waals surface area contributed by atoms with Crippen LogP contribution < -0.4 is 14.8 Å². The Morgan fingerprint density at radius 2 is 2.04 bits per heavy atom. The van der Waals surface area contributed by atoms with Crippen molar-refractivity contribution in [3.05, 3.63) is 47.8 Å². The molecule has 1 aromatic heterocycles. The Morgan fingerprint density at radius 3 is 2.77 bits per heavy atom. The smallest absolute Gasteiger partial charge is 0.355 e. The molecule has 1 unspecified atom stereocenters.